The Balaban J connectivity index is 2.73. The lowest BCUT2D eigenvalue weighted by molar-refractivity contribution is 0.414. The van der Waals surface area contributed by atoms with Crippen LogP contribution in [0.1, 0.15) is 31.2 Å². The molecule has 0 N–H and O–H groups in total. The molecule has 2 atom stereocenters. The number of rotatable bonds is 3. The summed E-state index contributed by atoms with van der Waals surface area (Å²) in [5.74, 6) is 1.38. The molecule has 13 heavy (non-hydrogen) atoms. The van der Waals surface area contributed by atoms with E-state index in [1.807, 2.05) is 0 Å². The lowest BCUT2D eigenvalue weighted by atomic mass is 9.91. The molecule has 0 fully saturated rings. The van der Waals surface area contributed by atoms with Crippen molar-refractivity contribution in [1.29, 1.82) is 0 Å². The van der Waals surface area contributed by atoms with Gasteiger partial charge in [0.25, 0.3) is 0 Å². The fourth-order valence-corrected chi connectivity index (χ4v) is 2.19. The standard InChI is InChI=1S/C12H17Br/c1-9(2)10(3)12(13)11-7-5-4-6-8-11/h4-10,12H,1-3H3. The van der Waals surface area contributed by atoms with Crippen LogP contribution in [0.3, 0.4) is 0 Å². The van der Waals surface area contributed by atoms with Gasteiger partial charge < -0.3 is 0 Å². The summed E-state index contributed by atoms with van der Waals surface area (Å²) < 4.78 is 0. The van der Waals surface area contributed by atoms with E-state index in [1.54, 1.807) is 0 Å². The first kappa shape index (κ1) is 10.8. The average Bonchev–Trinajstić information content (AvgIpc) is 2.17. The van der Waals surface area contributed by atoms with E-state index >= 15 is 0 Å². The normalized spacial score (nSPS) is 15.8. The maximum Gasteiger partial charge on any atom is 0.0423 e. The van der Waals surface area contributed by atoms with Crippen LogP contribution in [-0.4, -0.2) is 0 Å². The second kappa shape index (κ2) is 4.80. The molecule has 0 amide bonds. The van der Waals surface area contributed by atoms with Gasteiger partial charge in [-0.25, -0.2) is 0 Å². The molecule has 1 heteroatoms. The van der Waals surface area contributed by atoms with E-state index in [9.17, 15) is 0 Å². The summed E-state index contributed by atoms with van der Waals surface area (Å²) >= 11 is 3.75. The van der Waals surface area contributed by atoms with Crippen molar-refractivity contribution in [2.75, 3.05) is 0 Å². The van der Waals surface area contributed by atoms with Crippen molar-refractivity contribution < 1.29 is 0 Å². The summed E-state index contributed by atoms with van der Waals surface area (Å²) in [4.78, 5) is 0.480. The Kier molecular flexibility index (Phi) is 3.98. The molecule has 1 aromatic rings. The smallest absolute Gasteiger partial charge is 0.0423 e. The van der Waals surface area contributed by atoms with E-state index in [0.717, 1.165) is 0 Å². The molecule has 0 heterocycles. The number of benzene rings is 1. The summed E-state index contributed by atoms with van der Waals surface area (Å²) in [6.45, 7) is 6.82. The Bertz CT molecular complexity index is 241. The highest BCUT2D eigenvalue weighted by atomic mass is 79.9. The fourth-order valence-electron chi connectivity index (χ4n) is 1.28. The SMILES string of the molecule is CC(C)C(C)C(Br)c1ccccc1. The Morgan fingerprint density at radius 1 is 1.00 bits per heavy atom. The molecule has 0 saturated carbocycles. The van der Waals surface area contributed by atoms with Gasteiger partial charge in [0.15, 0.2) is 0 Å². The van der Waals surface area contributed by atoms with Crippen LogP contribution in [0.2, 0.25) is 0 Å². The van der Waals surface area contributed by atoms with Crippen LogP contribution < -0.4 is 0 Å². The molecule has 0 saturated heterocycles. The number of hydrogen-bond acceptors (Lipinski definition) is 0. The molecule has 0 aliphatic heterocycles. The zero-order valence-electron chi connectivity index (χ0n) is 8.50. The van der Waals surface area contributed by atoms with Gasteiger partial charge in [0.2, 0.25) is 0 Å². The molecule has 2 unspecified atom stereocenters. The summed E-state index contributed by atoms with van der Waals surface area (Å²) in [5, 5.41) is 0. The van der Waals surface area contributed by atoms with E-state index in [0.29, 0.717) is 16.7 Å². The summed E-state index contributed by atoms with van der Waals surface area (Å²) in [6, 6.07) is 10.6. The zero-order valence-corrected chi connectivity index (χ0v) is 10.1. The van der Waals surface area contributed by atoms with Gasteiger partial charge in [-0.15, -0.1) is 0 Å². The van der Waals surface area contributed by atoms with Crippen LogP contribution in [0, 0.1) is 11.8 Å². The molecule has 0 aliphatic carbocycles. The lowest BCUT2D eigenvalue weighted by Crippen LogP contribution is -2.10. The van der Waals surface area contributed by atoms with Crippen LogP contribution in [0.4, 0.5) is 0 Å². The molecule has 1 rings (SSSR count). The molecule has 1 aromatic carbocycles. The highest BCUT2D eigenvalue weighted by Gasteiger charge is 2.18. The van der Waals surface area contributed by atoms with Gasteiger partial charge in [0.05, 0.1) is 0 Å². The van der Waals surface area contributed by atoms with Crippen molar-refractivity contribution in [1.82, 2.24) is 0 Å². The molecule has 72 valence electrons. The monoisotopic (exact) mass is 240 g/mol. The Hall–Kier alpha value is -0.300. The number of alkyl halides is 1. The van der Waals surface area contributed by atoms with Gasteiger partial charge in [-0.3, -0.25) is 0 Å². The molecule has 0 spiro atoms. The van der Waals surface area contributed by atoms with E-state index in [-0.39, 0.29) is 0 Å². The molecule has 0 nitrogen and oxygen atoms in total. The number of hydrogen-bond donors (Lipinski definition) is 0. The van der Waals surface area contributed by atoms with Crippen LogP contribution in [0.15, 0.2) is 30.3 Å². The van der Waals surface area contributed by atoms with Crippen molar-refractivity contribution >= 4 is 15.9 Å². The van der Waals surface area contributed by atoms with Gasteiger partial charge in [-0.05, 0) is 17.4 Å². The first-order valence-corrected chi connectivity index (χ1v) is 5.73. The van der Waals surface area contributed by atoms with E-state index < -0.39 is 0 Å². The average molecular weight is 241 g/mol. The summed E-state index contributed by atoms with van der Waals surface area (Å²) in [5.41, 5.74) is 1.38. The Morgan fingerprint density at radius 3 is 2.00 bits per heavy atom. The minimum absolute atomic E-state index is 0.480. The fraction of sp³-hybridized carbons (Fsp3) is 0.500. The Labute approximate surface area is 89.5 Å². The van der Waals surface area contributed by atoms with Gasteiger partial charge in [0.1, 0.15) is 0 Å². The van der Waals surface area contributed by atoms with Gasteiger partial charge in [-0.1, -0.05) is 67.0 Å². The van der Waals surface area contributed by atoms with E-state index in [1.165, 1.54) is 5.56 Å². The predicted molar refractivity (Wildman–Crippen MR) is 62.1 cm³/mol. The van der Waals surface area contributed by atoms with Crippen molar-refractivity contribution in [3.05, 3.63) is 35.9 Å². The van der Waals surface area contributed by atoms with Crippen molar-refractivity contribution in [2.45, 2.75) is 25.6 Å². The molecule has 0 radical (unpaired) electrons. The minimum Gasteiger partial charge on any atom is -0.0836 e. The third-order valence-electron chi connectivity index (χ3n) is 2.63. The minimum atomic E-state index is 0.480. The van der Waals surface area contributed by atoms with Crippen LogP contribution in [-0.2, 0) is 0 Å². The maximum atomic E-state index is 3.75. The van der Waals surface area contributed by atoms with E-state index in [2.05, 4.69) is 67.0 Å². The first-order chi connectivity index (χ1) is 6.13. The predicted octanol–water partition coefficient (Wildman–Crippen LogP) is 4.41. The van der Waals surface area contributed by atoms with Gasteiger partial charge in [0, 0.05) is 4.83 Å². The van der Waals surface area contributed by atoms with Gasteiger partial charge in [-0.2, -0.15) is 0 Å². The summed E-state index contributed by atoms with van der Waals surface area (Å²) in [6.07, 6.45) is 0. The van der Waals surface area contributed by atoms with Crippen LogP contribution in [0.5, 0.6) is 0 Å². The molecule has 0 aliphatic rings. The second-order valence-corrected chi connectivity index (χ2v) is 4.90. The highest BCUT2D eigenvalue weighted by Crippen LogP contribution is 2.34. The largest absolute Gasteiger partial charge is 0.0836 e. The lowest BCUT2D eigenvalue weighted by Gasteiger charge is -2.22. The number of halogens is 1. The quantitative estimate of drug-likeness (QED) is 0.687. The molecule has 0 bridgehead atoms. The van der Waals surface area contributed by atoms with E-state index in [4.69, 9.17) is 0 Å². The highest BCUT2D eigenvalue weighted by molar-refractivity contribution is 9.09. The second-order valence-electron chi connectivity index (χ2n) is 3.92. The van der Waals surface area contributed by atoms with Crippen LogP contribution in [0.25, 0.3) is 0 Å². The molecular weight excluding hydrogens is 224 g/mol. The molecular formula is C12H17Br. The summed E-state index contributed by atoms with van der Waals surface area (Å²) in [7, 11) is 0. The van der Waals surface area contributed by atoms with Crippen molar-refractivity contribution in [3.8, 4) is 0 Å². The molecule has 0 aromatic heterocycles. The third kappa shape index (κ3) is 2.84. The van der Waals surface area contributed by atoms with Crippen molar-refractivity contribution in [2.24, 2.45) is 11.8 Å². The Morgan fingerprint density at radius 2 is 1.54 bits per heavy atom. The van der Waals surface area contributed by atoms with Crippen LogP contribution >= 0.6 is 15.9 Å². The third-order valence-corrected chi connectivity index (χ3v) is 3.99. The van der Waals surface area contributed by atoms with Crippen molar-refractivity contribution in [3.63, 3.8) is 0 Å². The van der Waals surface area contributed by atoms with Gasteiger partial charge >= 0.3 is 0 Å². The maximum absolute atomic E-state index is 3.75. The first-order valence-electron chi connectivity index (χ1n) is 4.82. The topological polar surface area (TPSA) is 0 Å². The zero-order chi connectivity index (χ0) is 9.84.